The highest BCUT2D eigenvalue weighted by Crippen LogP contribution is 2.24. The van der Waals surface area contributed by atoms with E-state index < -0.39 is 0 Å². The lowest BCUT2D eigenvalue weighted by atomic mass is 10.1. The van der Waals surface area contributed by atoms with E-state index in [9.17, 15) is 4.79 Å². The first kappa shape index (κ1) is 13.3. The Bertz CT molecular complexity index is 352. The molecule has 0 spiro atoms. The van der Waals surface area contributed by atoms with Crippen LogP contribution in [0.1, 0.15) is 11.1 Å². The summed E-state index contributed by atoms with van der Waals surface area (Å²) in [5, 5.41) is 1.29. The van der Waals surface area contributed by atoms with Crippen molar-refractivity contribution >= 4 is 49.4 Å². The Morgan fingerprint density at radius 3 is 2.67 bits per heavy atom. The largest absolute Gasteiger partial charge is 0.298 e. The average molecular weight is 352 g/mol. The summed E-state index contributed by atoms with van der Waals surface area (Å²) in [7, 11) is 0. The number of carbonyl (C=O) groups is 1. The number of benzene rings is 1. The maximum Gasteiger partial charge on any atom is 0.147 e. The second kappa shape index (κ2) is 6.71. The predicted octanol–water partition coefficient (Wildman–Crippen LogP) is 3.81. The molecule has 0 atom stereocenters. The summed E-state index contributed by atoms with van der Waals surface area (Å²) in [6.45, 7) is 0. The van der Waals surface area contributed by atoms with Crippen LogP contribution in [-0.2, 0) is 16.5 Å². The van der Waals surface area contributed by atoms with Crippen LogP contribution in [0.5, 0.6) is 0 Å². The van der Waals surface area contributed by atoms with Crippen LogP contribution in [0.15, 0.2) is 23.1 Å². The van der Waals surface area contributed by atoms with E-state index >= 15 is 0 Å². The number of hydrogen-bond acceptors (Lipinski definition) is 2. The van der Waals surface area contributed by atoms with Gasteiger partial charge in [0.05, 0.1) is 5.33 Å². The molecule has 0 saturated heterocycles. The molecule has 1 rings (SSSR count). The zero-order valence-electron chi connectivity index (χ0n) is 8.43. The van der Waals surface area contributed by atoms with Crippen molar-refractivity contribution in [2.75, 3.05) is 11.6 Å². The molecular formula is C11H12Br2OS. The van der Waals surface area contributed by atoms with Crippen molar-refractivity contribution in [2.45, 2.75) is 16.6 Å². The standard InChI is InChI=1S/C11H12Br2OS/c1-15-11-5-8(4-10(14)7-13)2-3-9(11)6-12/h2-3,5H,4,6-7H2,1H3. The number of Topliss-reactive ketones (excluding diaryl/α,β-unsaturated/α-hetero) is 1. The average Bonchev–Trinajstić information content (AvgIpc) is 2.28. The van der Waals surface area contributed by atoms with Crippen molar-refractivity contribution in [3.05, 3.63) is 29.3 Å². The van der Waals surface area contributed by atoms with Crippen LogP contribution in [0.3, 0.4) is 0 Å². The van der Waals surface area contributed by atoms with E-state index in [1.807, 2.05) is 6.07 Å². The van der Waals surface area contributed by atoms with Crippen LogP contribution in [0.4, 0.5) is 0 Å². The monoisotopic (exact) mass is 350 g/mol. The molecule has 0 aliphatic heterocycles. The van der Waals surface area contributed by atoms with E-state index in [0.29, 0.717) is 11.8 Å². The fraction of sp³-hybridized carbons (Fsp3) is 0.364. The first-order valence-electron chi connectivity index (χ1n) is 4.50. The molecule has 0 aromatic heterocycles. The predicted molar refractivity (Wildman–Crippen MR) is 73.4 cm³/mol. The highest BCUT2D eigenvalue weighted by molar-refractivity contribution is 9.09. The van der Waals surface area contributed by atoms with Gasteiger partial charge in [-0.3, -0.25) is 4.79 Å². The zero-order chi connectivity index (χ0) is 11.3. The van der Waals surface area contributed by atoms with Crippen LogP contribution in [0, 0.1) is 0 Å². The number of thioether (sulfide) groups is 1. The number of rotatable bonds is 5. The maximum atomic E-state index is 11.3. The highest BCUT2D eigenvalue weighted by atomic mass is 79.9. The molecule has 0 amide bonds. The minimum Gasteiger partial charge on any atom is -0.298 e. The molecule has 0 bridgehead atoms. The van der Waals surface area contributed by atoms with E-state index in [4.69, 9.17) is 0 Å². The molecule has 0 heterocycles. The van der Waals surface area contributed by atoms with Gasteiger partial charge in [-0.2, -0.15) is 0 Å². The van der Waals surface area contributed by atoms with Gasteiger partial charge in [0, 0.05) is 16.6 Å². The molecule has 82 valence electrons. The van der Waals surface area contributed by atoms with E-state index in [0.717, 1.165) is 10.9 Å². The molecule has 0 N–H and O–H groups in total. The Labute approximate surface area is 111 Å². The number of ketones is 1. The third-order valence-electron chi connectivity index (χ3n) is 2.05. The van der Waals surface area contributed by atoms with E-state index in [-0.39, 0.29) is 5.78 Å². The van der Waals surface area contributed by atoms with Crippen molar-refractivity contribution in [2.24, 2.45) is 0 Å². The van der Waals surface area contributed by atoms with Gasteiger partial charge in [0.1, 0.15) is 5.78 Å². The molecule has 0 aliphatic rings. The number of alkyl halides is 2. The first-order chi connectivity index (χ1) is 7.21. The zero-order valence-corrected chi connectivity index (χ0v) is 12.4. The molecule has 0 unspecified atom stereocenters. The van der Waals surface area contributed by atoms with Gasteiger partial charge in [-0.1, -0.05) is 44.0 Å². The molecule has 1 nitrogen and oxygen atoms in total. The second-order valence-corrected chi connectivity index (χ2v) is 5.10. The minimum absolute atomic E-state index is 0.216. The van der Waals surface area contributed by atoms with E-state index in [2.05, 4.69) is 50.2 Å². The molecule has 0 fully saturated rings. The molecule has 0 aliphatic carbocycles. The van der Waals surface area contributed by atoms with Gasteiger partial charge in [-0.25, -0.2) is 0 Å². The minimum atomic E-state index is 0.216. The molecule has 1 aromatic carbocycles. The summed E-state index contributed by atoms with van der Waals surface area (Å²) in [4.78, 5) is 12.5. The van der Waals surface area contributed by atoms with Crippen molar-refractivity contribution in [1.82, 2.24) is 0 Å². The van der Waals surface area contributed by atoms with Crippen molar-refractivity contribution < 1.29 is 4.79 Å². The summed E-state index contributed by atoms with van der Waals surface area (Å²) in [5.41, 5.74) is 2.37. The summed E-state index contributed by atoms with van der Waals surface area (Å²) in [5.74, 6) is 0.216. The van der Waals surface area contributed by atoms with Gasteiger partial charge in [0.2, 0.25) is 0 Å². The number of hydrogen-bond donors (Lipinski definition) is 0. The smallest absolute Gasteiger partial charge is 0.147 e. The first-order valence-corrected chi connectivity index (χ1v) is 7.97. The van der Waals surface area contributed by atoms with Crippen LogP contribution >= 0.6 is 43.6 Å². The van der Waals surface area contributed by atoms with Gasteiger partial charge in [0.25, 0.3) is 0 Å². The van der Waals surface area contributed by atoms with Crippen molar-refractivity contribution in [3.8, 4) is 0 Å². The molecule has 1 aromatic rings. The third kappa shape index (κ3) is 3.93. The lowest BCUT2D eigenvalue weighted by Crippen LogP contribution is -2.03. The van der Waals surface area contributed by atoms with Gasteiger partial charge < -0.3 is 0 Å². The maximum absolute atomic E-state index is 11.3. The van der Waals surface area contributed by atoms with Crippen LogP contribution in [-0.4, -0.2) is 17.4 Å². The SMILES string of the molecule is CSc1cc(CC(=O)CBr)ccc1CBr. The van der Waals surface area contributed by atoms with E-state index in [1.165, 1.54) is 10.5 Å². The highest BCUT2D eigenvalue weighted by Gasteiger charge is 2.05. The number of halogens is 2. The van der Waals surface area contributed by atoms with Gasteiger partial charge in [-0.15, -0.1) is 11.8 Å². The Hall–Kier alpha value is 0.200. The lowest BCUT2D eigenvalue weighted by molar-refractivity contribution is -0.115. The summed E-state index contributed by atoms with van der Waals surface area (Å²) >= 11 is 8.34. The normalized spacial score (nSPS) is 10.3. The Kier molecular flexibility index (Phi) is 5.94. The molecule has 4 heteroatoms. The fourth-order valence-electron chi connectivity index (χ4n) is 1.28. The second-order valence-electron chi connectivity index (χ2n) is 3.13. The molecule has 0 radical (unpaired) electrons. The van der Waals surface area contributed by atoms with E-state index in [1.54, 1.807) is 11.8 Å². The Balaban J connectivity index is 2.88. The van der Waals surface area contributed by atoms with Crippen molar-refractivity contribution in [1.29, 1.82) is 0 Å². The fourth-order valence-corrected chi connectivity index (χ4v) is 2.83. The van der Waals surface area contributed by atoms with Crippen LogP contribution < -0.4 is 0 Å². The summed E-state index contributed by atoms with van der Waals surface area (Å²) < 4.78 is 0. The van der Waals surface area contributed by atoms with Gasteiger partial charge in [0.15, 0.2) is 0 Å². The topological polar surface area (TPSA) is 17.1 Å². The van der Waals surface area contributed by atoms with Gasteiger partial charge >= 0.3 is 0 Å². The Morgan fingerprint density at radius 1 is 1.40 bits per heavy atom. The van der Waals surface area contributed by atoms with Crippen LogP contribution in [0.25, 0.3) is 0 Å². The molecule has 0 saturated carbocycles. The summed E-state index contributed by atoms with van der Waals surface area (Å²) in [6, 6.07) is 6.20. The van der Waals surface area contributed by atoms with Gasteiger partial charge in [-0.05, 0) is 23.4 Å². The number of carbonyl (C=O) groups excluding carboxylic acids is 1. The molecular weight excluding hydrogens is 340 g/mol. The Morgan fingerprint density at radius 2 is 2.13 bits per heavy atom. The quantitative estimate of drug-likeness (QED) is 0.592. The third-order valence-corrected chi connectivity index (χ3v) is 4.10. The lowest BCUT2D eigenvalue weighted by Gasteiger charge is -2.06. The van der Waals surface area contributed by atoms with Crippen LogP contribution in [0.2, 0.25) is 0 Å². The molecule has 15 heavy (non-hydrogen) atoms. The summed E-state index contributed by atoms with van der Waals surface area (Å²) in [6.07, 6.45) is 2.57. The van der Waals surface area contributed by atoms with Crippen molar-refractivity contribution in [3.63, 3.8) is 0 Å².